The molecule has 0 aromatic heterocycles. The molecule has 0 bridgehead atoms. The standard InChI is InChI=1S/C12H16Br3NO.ClH/c1-2-3-4-5-9(16)10-7(13)6-8(14)12(17)11(10)15;/h6,9,17H,2-5,16H2,1H3;1H/t9-;/m1./s1. The third-order valence-electron chi connectivity index (χ3n) is 2.67. The molecule has 1 aromatic carbocycles. The molecule has 1 atom stereocenters. The van der Waals surface area contributed by atoms with Crippen molar-refractivity contribution in [3.05, 3.63) is 25.0 Å². The number of hydrogen-bond donors (Lipinski definition) is 2. The first-order chi connectivity index (χ1) is 7.99. The van der Waals surface area contributed by atoms with Crippen LogP contribution in [0.1, 0.15) is 44.2 Å². The van der Waals surface area contributed by atoms with E-state index in [1.807, 2.05) is 6.07 Å². The van der Waals surface area contributed by atoms with E-state index >= 15 is 0 Å². The van der Waals surface area contributed by atoms with Gasteiger partial charge in [0.2, 0.25) is 0 Å². The van der Waals surface area contributed by atoms with E-state index < -0.39 is 0 Å². The van der Waals surface area contributed by atoms with Crippen LogP contribution in [-0.4, -0.2) is 5.11 Å². The van der Waals surface area contributed by atoms with Gasteiger partial charge in [-0.05, 0) is 44.3 Å². The zero-order chi connectivity index (χ0) is 13.0. The molecule has 0 heterocycles. The van der Waals surface area contributed by atoms with Crippen molar-refractivity contribution < 1.29 is 5.11 Å². The molecule has 0 saturated heterocycles. The Morgan fingerprint density at radius 1 is 1.22 bits per heavy atom. The summed E-state index contributed by atoms with van der Waals surface area (Å²) in [6.07, 6.45) is 4.39. The second kappa shape index (κ2) is 8.80. The van der Waals surface area contributed by atoms with E-state index in [2.05, 4.69) is 54.7 Å². The molecule has 0 spiro atoms. The van der Waals surface area contributed by atoms with Crippen LogP contribution in [0.15, 0.2) is 19.5 Å². The van der Waals surface area contributed by atoms with E-state index in [4.69, 9.17) is 5.73 Å². The van der Waals surface area contributed by atoms with Crippen LogP contribution in [0.3, 0.4) is 0 Å². The van der Waals surface area contributed by atoms with E-state index in [9.17, 15) is 5.11 Å². The first kappa shape index (κ1) is 18.7. The molecule has 0 saturated carbocycles. The van der Waals surface area contributed by atoms with Gasteiger partial charge in [0.05, 0.1) is 8.95 Å². The largest absolute Gasteiger partial charge is 0.506 e. The highest BCUT2D eigenvalue weighted by molar-refractivity contribution is 9.11. The molecule has 1 rings (SSSR count). The topological polar surface area (TPSA) is 46.2 Å². The minimum absolute atomic E-state index is 0. The fourth-order valence-corrected chi connectivity index (χ4v) is 4.40. The number of halogens is 4. The molecular formula is C12H17Br3ClNO. The number of phenolic OH excluding ortho intramolecular Hbond substituents is 1. The Bertz CT molecular complexity index is 401. The fourth-order valence-electron chi connectivity index (χ4n) is 1.69. The van der Waals surface area contributed by atoms with Crippen LogP contribution in [0.4, 0.5) is 0 Å². The molecule has 0 aliphatic carbocycles. The summed E-state index contributed by atoms with van der Waals surface area (Å²) in [5.74, 6) is 0.203. The Hall–Kier alpha value is 0.710. The van der Waals surface area contributed by atoms with Crippen molar-refractivity contribution in [2.45, 2.75) is 38.6 Å². The molecule has 0 radical (unpaired) electrons. The Balaban J connectivity index is 0.00000289. The summed E-state index contributed by atoms with van der Waals surface area (Å²) in [6, 6.07) is 1.76. The predicted molar refractivity (Wildman–Crippen MR) is 89.5 cm³/mol. The molecule has 18 heavy (non-hydrogen) atoms. The molecule has 104 valence electrons. The second-order valence-electron chi connectivity index (χ2n) is 4.02. The lowest BCUT2D eigenvalue weighted by Gasteiger charge is -2.17. The second-order valence-corrected chi connectivity index (χ2v) is 6.52. The molecule has 0 unspecified atom stereocenters. The molecule has 2 nitrogen and oxygen atoms in total. The quantitative estimate of drug-likeness (QED) is 0.549. The Labute approximate surface area is 140 Å². The van der Waals surface area contributed by atoms with Crippen LogP contribution in [-0.2, 0) is 0 Å². The molecule has 0 fully saturated rings. The number of rotatable bonds is 5. The minimum Gasteiger partial charge on any atom is -0.506 e. The SMILES string of the molecule is CCCCC[C@@H](N)c1c(Br)cc(Br)c(O)c1Br.Cl. The predicted octanol–water partition coefficient (Wildman–Crippen LogP) is 5.68. The van der Waals surface area contributed by atoms with Crippen molar-refractivity contribution in [1.29, 1.82) is 0 Å². The van der Waals surface area contributed by atoms with Crippen LogP contribution < -0.4 is 5.73 Å². The Kier molecular flexibility index (Phi) is 9.14. The smallest absolute Gasteiger partial charge is 0.144 e. The first-order valence-electron chi connectivity index (χ1n) is 5.61. The van der Waals surface area contributed by atoms with Gasteiger partial charge in [-0.3, -0.25) is 0 Å². The summed E-state index contributed by atoms with van der Waals surface area (Å²) in [4.78, 5) is 0. The van der Waals surface area contributed by atoms with E-state index in [1.165, 1.54) is 12.8 Å². The fraction of sp³-hybridized carbons (Fsp3) is 0.500. The zero-order valence-corrected chi connectivity index (χ0v) is 15.6. The monoisotopic (exact) mass is 463 g/mol. The van der Waals surface area contributed by atoms with Gasteiger partial charge in [-0.2, -0.15) is 0 Å². The van der Waals surface area contributed by atoms with Gasteiger partial charge in [0.15, 0.2) is 0 Å². The van der Waals surface area contributed by atoms with E-state index in [0.717, 1.165) is 22.9 Å². The van der Waals surface area contributed by atoms with Gasteiger partial charge < -0.3 is 10.8 Å². The van der Waals surface area contributed by atoms with Crippen molar-refractivity contribution in [1.82, 2.24) is 0 Å². The van der Waals surface area contributed by atoms with Crippen molar-refractivity contribution in [3.63, 3.8) is 0 Å². The maximum absolute atomic E-state index is 9.86. The number of hydrogen-bond acceptors (Lipinski definition) is 2. The Morgan fingerprint density at radius 2 is 1.83 bits per heavy atom. The van der Waals surface area contributed by atoms with Crippen molar-refractivity contribution >= 4 is 60.2 Å². The molecule has 6 heteroatoms. The van der Waals surface area contributed by atoms with Gasteiger partial charge in [0.25, 0.3) is 0 Å². The zero-order valence-electron chi connectivity index (χ0n) is 10.0. The van der Waals surface area contributed by atoms with Crippen molar-refractivity contribution in [2.75, 3.05) is 0 Å². The van der Waals surface area contributed by atoms with Gasteiger partial charge in [-0.1, -0.05) is 42.1 Å². The van der Waals surface area contributed by atoms with Crippen LogP contribution in [0.2, 0.25) is 0 Å². The highest BCUT2D eigenvalue weighted by Crippen LogP contribution is 2.42. The lowest BCUT2D eigenvalue weighted by molar-refractivity contribution is 0.465. The maximum atomic E-state index is 9.86. The lowest BCUT2D eigenvalue weighted by atomic mass is 10.0. The third-order valence-corrected chi connectivity index (χ3v) is 4.73. The van der Waals surface area contributed by atoms with E-state index in [0.29, 0.717) is 8.95 Å². The van der Waals surface area contributed by atoms with Gasteiger partial charge in [-0.25, -0.2) is 0 Å². The summed E-state index contributed by atoms with van der Waals surface area (Å²) in [6.45, 7) is 2.17. The normalized spacial score (nSPS) is 12.1. The molecule has 0 aliphatic rings. The summed E-state index contributed by atoms with van der Waals surface area (Å²) < 4.78 is 2.24. The van der Waals surface area contributed by atoms with Crippen LogP contribution >= 0.6 is 60.2 Å². The molecule has 0 amide bonds. The summed E-state index contributed by atoms with van der Waals surface area (Å²) in [7, 11) is 0. The van der Waals surface area contributed by atoms with Gasteiger partial charge in [0, 0.05) is 16.1 Å². The summed E-state index contributed by atoms with van der Waals surface area (Å²) in [5.41, 5.74) is 7.10. The average molecular weight is 466 g/mol. The van der Waals surface area contributed by atoms with E-state index in [-0.39, 0.29) is 24.2 Å². The van der Waals surface area contributed by atoms with Gasteiger partial charge in [0.1, 0.15) is 5.75 Å². The highest BCUT2D eigenvalue weighted by atomic mass is 79.9. The maximum Gasteiger partial charge on any atom is 0.144 e. The molecule has 0 aliphatic heterocycles. The lowest BCUT2D eigenvalue weighted by Crippen LogP contribution is -2.11. The molecule has 3 N–H and O–H groups in total. The Morgan fingerprint density at radius 3 is 2.39 bits per heavy atom. The summed E-state index contributed by atoms with van der Waals surface area (Å²) in [5, 5.41) is 9.86. The van der Waals surface area contributed by atoms with E-state index in [1.54, 1.807) is 0 Å². The molecule has 1 aromatic rings. The number of aromatic hydroxyl groups is 1. The first-order valence-corrected chi connectivity index (χ1v) is 7.98. The number of nitrogens with two attached hydrogens (primary N) is 1. The van der Waals surface area contributed by atoms with Crippen LogP contribution in [0.25, 0.3) is 0 Å². The van der Waals surface area contributed by atoms with Crippen molar-refractivity contribution in [2.24, 2.45) is 5.73 Å². The summed E-state index contributed by atoms with van der Waals surface area (Å²) >= 11 is 10.2. The number of unbranched alkanes of at least 4 members (excludes halogenated alkanes) is 2. The van der Waals surface area contributed by atoms with Gasteiger partial charge >= 0.3 is 0 Å². The van der Waals surface area contributed by atoms with Crippen LogP contribution in [0.5, 0.6) is 5.75 Å². The highest BCUT2D eigenvalue weighted by Gasteiger charge is 2.18. The minimum atomic E-state index is -0.0655. The number of phenols is 1. The van der Waals surface area contributed by atoms with Gasteiger partial charge in [-0.15, -0.1) is 12.4 Å². The average Bonchev–Trinajstić information content (AvgIpc) is 2.26. The van der Waals surface area contributed by atoms with Crippen LogP contribution in [0, 0.1) is 0 Å². The number of benzene rings is 1. The molecular weight excluding hydrogens is 449 g/mol. The third kappa shape index (κ3) is 4.67. The van der Waals surface area contributed by atoms with Crippen molar-refractivity contribution in [3.8, 4) is 5.75 Å².